The van der Waals surface area contributed by atoms with Crippen LogP contribution in [0.15, 0.2) is 40.9 Å². The molecule has 0 bridgehead atoms. The first kappa shape index (κ1) is 19.5. The maximum absolute atomic E-state index is 12.3. The highest BCUT2D eigenvalue weighted by Gasteiger charge is 2.19. The number of benzene rings is 2. The highest BCUT2D eigenvalue weighted by atomic mass is 79.9. The molecule has 0 aromatic heterocycles. The summed E-state index contributed by atoms with van der Waals surface area (Å²) in [6, 6.07) is 12.0. The van der Waals surface area contributed by atoms with Crippen LogP contribution in [-0.4, -0.2) is 12.5 Å². The van der Waals surface area contributed by atoms with Gasteiger partial charge in [0.25, 0.3) is 5.91 Å². The molecule has 4 heteroatoms. The first-order chi connectivity index (χ1) is 11.7. The van der Waals surface area contributed by atoms with Crippen LogP contribution < -0.4 is 10.1 Å². The van der Waals surface area contributed by atoms with Crippen molar-refractivity contribution < 1.29 is 9.53 Å². The van der Waals surface area contributed by atoms with Gasteiger partial charge in [-0.05, 0) is 64.0 Å². The van der Waals surface area contributed by atoms with Gasteiger partial charge in [0.15, 0.2) is 6.61 Å². The van der Waals surface area contributed by atoms with Crippen molar-refractivity contribution in [2.75, 3.05) is 11.9 Å². The van der Waals surface area contributed by atoms with Crippen LogP contribution in [0.2, 0.25) is 0 Å². The first-order valence-electron chi connectivity index (χ1n) is 8.53. The molecular weight excluding hydrogens is 378 g/mol. The summed E-state index contributed by atoms with van der Waals surface area (Å²) in [6.07, 6.45) is 0.957. The molecule has 0 saturated heterocycles. The molecule has 0 aliphatic carbocycles. The predicted molar refractivity (Wildman–Crippen MR) is 108 cm³/mol. The minimum Gasteiger partial charge on any atom is -0.483 e. The number of rotatable bonds is 5. The molecule has 2 aromatic carbocycles. The minimum absolute atomic E-state index is 0.0197. The van der Waals surface area contributed by atoms with E-state index in [1.54, 1.807) is 0 Å². The van der Waals surface area contributed by atoms with Crippen molar-refractivity contribution in [3.05, 3.63) is 57.6 Å². The van der Waals surface area contributed by atoms with Crippen LogP contribution in [0.3, 0.4) is 0 Å². The van der Waals surface area contributed by atoms with Gasteiger partial charge in [-0.15, -0.1) is 0 Å². The molecule has 1 amide bonds. The average Bonchev–Trinajstić information content (AvgIpc) is 2.54. The fourth-order valence-corrected chi connectivity index (χ4v) is 3.09. The van der Waals surface area contributed by atoms with E-state index in [1.165, 1.54) is 11.1 Å². The number of hydrogen-bond acceptors (Lipinski definition) is 2. The van der Waals surface area contributed by atoms with Gasteiger partial charge in [0.2, 0.25) is 0 Å². The molecule has 0 saturated carbocycles. The summed E-state index contributed by atoms with van der Waals surface area (Å²) in [5.74, 6) is 0.582. The standard InChI is InChI=1S/C21H26BrNO2/c1-6-15-8-9-18(17(22)12-15)23-20(24)13-25-19-10-7-14(2)11-16(19)21(3,4)5/h7-12H,6,13H2,1-5H3,(H,23,24). The smallest absolute Gasteiger partial charge is 0.262 e. The number of halogens is 1. The molecule has 0 atom stereocenters. The van der Waals surface area contributed by atoms with Crippen molar-refractivity contribution >= 4 is 27.5 Å². The molecule has 25 heavy (non-hydrogen) atoms. The third kappa shape index (κ3) is 5.33. The lowest BCUT2D eigenvalue weighted by molar-refractivity contribution is -0.118. The summed E-state index contributed by atoms with van der Waals surface area (Å²) in [5.41, 5.74) is 4.22. The first-order valence-corrected chi connectivity index (χ1v) is 9.32. The van der Waals surface area contributed by atoms with Crippen LogP contribution in [0.1, 0.15) is 44.4 Å². The van der Waals surface area contributed by atoms with Crippen LogP contribution in [0.4, 0.5) is 5.69 Å². The third-order valence-corrected chi connectivity index (χ3v) is 4.67. The number of nitrogens with one attached hydrogen (secondary N) is 1. The Morgan fingerprint density at radius 3 is 2.48 bits per heavy atom. The number of carbonyl (C=O) groups excluding carboxylic acids is 1. The lowest BCUT2D eigenvalue weighted by atomic mass is 9.85. The van der Waals surface area contributed by atoms with E-state index >= 15 is 0 Å². The van der Waals surface area contributed by atoms with Gasteiger partial charge in [-0.1, -0.05) is 51.5 Å². The third-order valence-electron chi connectivity index (χ3n) is 4.02. The van der Waals surface area contributed by atoms with Crippen LogP contribution in [0.25, 0.3) is 0 Å². The molecule has 0 aliphatic rings. The fraction of sp³-hybridized carbons (Fsp3) is 0.381. The van der Waals surface area contributed by atoms with Gasteiger partial charge in [0, 0.05) is 4.47 Å². The summed E-state index contributed by atoms with van der Waals surface area (Å²) < 4.78 is 6.69. The van der Waals surface area contributed by atoms with E-state index in [0.717, 1.165) is 27.9 Å². The van der Waals surface area contributed by atoms with E-state index in [9.17, 15) is 4.79 Å². The van der Waals surface area contributed by atoms with E-state index in [4.69, 9.17) is 4.74 Å². The molecular formula is C21H26BrNO2. The van der Waals surface area contributed by atoms with Crippen molar-refractivity contribution in [3.8, 4) is 5.75 Å². The zero-order valence-corrected chi connectivity index (χ0v) is 17.2. The number of anilines is 1. The molecule has 0 heterocycles. The van der Waals surface area contributed by atoms with Crippen molar-refractivity contribution in [3.63, 3.8) is 0 Å². The zero-order chi connectivity index (χ0) is 18.6. The van der Waals surface area contributed by atoms with E-state index in [2.05, 4.69) is 61.9 Å². The van der Waals surface area contributed by atoms with Gasteiger partial charge in [0.1, 0.15) is 5.75 Å². The number of ether oxygens (including phenoxy) is 1. The number of carbonyl (C=O) groups is 1. The van der Waals surface area contributed by atoms with Gasteiger partial charge in [-0.25, -0.2) is 0 Å². The number of hydrogen-bond donors (Lipinski definition) is 1. The Kier molecular flexibility index (Phi) is 6.28. The quantitative estimate of drug-likeness (QED) is 0.701. The van der Waals surface area contributed by atoms with E-state index in [1.807, 2.05) is 30.3 Å². The Morgan fingerprint density at radius 1 is 1.16 bits per heavy atom. The van der Waals surface area contributed by atoms with Crippen molar-refractivity contribution in [2.45, 2.75) is 46.5 Å². The Labute approximate surface area is 158 Å². The number of aryl methyl sites for hydroxylation is 2. The van der Waals surface area contributed by atoms with Crippen molar-refractivity contribution in [1.29, 1.82) is 0 Å². The predicted octanol–water partition coefficient (Wildman–Crippen LogP) is 5.63. The maximum atomic E-state index is 12.3. The van der Waals surface area contributed by atoms with Gasteiger partial charge in [-0.2, -0.15) is 0 Å². The van der Waals surface area contributed by atoms with Crippen molar-refractivity contribution in [2.24, 2.45) is 0 Å². The van der Waals surface area contributed by atoms with Gasteiger partial charge in [-0.3, -0.25) is 4.79 Å². The normalized spacial score (nSPS) is 11.3. The Morgan fingerprint density at radius 2 is 1.88 bits per heavy atom. The monoisotopic (exact) mass is 403 g/mol. The van der Waals surface area contributed by atoms with E-state index < -0.39 is 0 Å². The average molecular weight is 404 g/mol. The molecule has 0 unspecified atom stereocenters. The zero-order valence-electron chi connectivity index (χ0n) is 15.6. The van der Waals surface area contributed by atoms with E-state index in [0.29, 0.717) is 0 Å². The largest absolute Gasteiger partial charge is 0.483 e. The second-order valence-corrected chi connectivity index (χ2v) is 8.11. The summed E-state index contributed by atoms with van der Waals surface area (Å²) in [6.45, 7) is 10.6. The summed E-state index contributed by atoms with van der Waals surface area (Å²) in [5, 5.41) is 2.89. The Hall–Kier alpha value is -1.81. The highest BCUT2D eigenvalue weighted by Crippen LogP contribution is 2.32. The SMILES string of the molecule is CCc1ccc(NC(=O)COc2ccc(C)cc2C(C)(C)C)c(Br)c1. The molecule has 0 radical (unpaired) electrons. The van der Waals surface area contributed by atoms with Gasteiger partial charge < -0.3 is 10.1 Å². The molecule has 0 spiro atoms. The van der Waals surface area contributed by atoms with Crippen LogP contribution in [0, 0.1) is 6.92 Å². The van der Waals surface area contributed by atoms with Gasteiger partial charge >= 0.3 is 0 Å². The number of amides is 1. The summed E-state index contributed by atoms with van der Waals surface area (Å²) >= 11 is 3.50. The second-order valence-electron chi connectivity index (χ2n) is 7.25. The molecule has 2 aromatic rings. The Balaban J connectivity index is 2.06. The van der Waals surface area contributed by atoms with Crippen LogP contribution in [-0.2, 0) is 16.6 Å². The summed E-state index contributed by atoms with van der Waals surface area (Å²) in [4.78, 5) is 12.3. The van der Waals surface area contributed by atoms with E-state index in [-0.39, 0.29) is 17.9 Å². The molecule has 2 rings (SSSR count). The lowest BCUT2D eigenvalue weighted by Crippen LogP contribution is -2.22. The maximum Gasteiger partial charge on any atom is 0.262 e. The Bertz CT molecular complexity index is 763. The molecule has 134 valence electrons. The fourth-order valence-electron chi connectivity index (χ4n) is 2.57. The molecule has 3 nitrogen and oxygen atoms in total. The highest BCUT2D eigenvalue weighted by molar-refractivity contribution is 9.10. The van der Waals surface area contributed by atoms with Crippen LogP contribution >= 0.6 is 15.9 Å². The molecule has 1 N–H and O–H groups in total. The molecule has 0 fully saturated rings. The minimum atomic E-state index is -0.176. The van der Waals surface area contributed by atoms with Crippen LogP contribution in [0.5, 0.6) is 5.75 Å². The molecule has 0 aliphatic heterocycles. The second kappa shape index (κ2) is 8.05. The summed E-state index contributed by atoms with van der Waals surface area (Å²) in [7, 11) is 0. The van der Waals surface area contributed by atoms with Crippen molar-refractivity contribution in [1.82, 2.24) is 0 Å². The lowest BCUT2D eigenvalue weighted by Gasteiger charge is -2.23. The topological polar surface area (TPSA) is 38.3 Å². The van der Waals surface area contributed by atoms with Gasteiger partial charge in [0.05, 0.1) is 5.69 Å².